The van der Waals surface area contributed by atoms with Crippen LogP contribution in [0.2, 0.25) is 0 Å². The van der Waals surface area contributed by atoms with Gasteiger partial charge in [-0.1, -0.05) is 5.16 Å². The van der Waals surface area contributed by atoms with Crippen LogP contribution in [0.1, 0.15) is 31.5 Å². The van der Waals surface area contributed by atoms with Crippen molar-refractivity contribution in [3.05, 3.63) is 11.3 Å². The molecule has 0 unspecified atom stereocenters. The van der Waals surface area contributed by atoms with E-state index in [-0.39, 0.29) is 36.0 Å². The van der Waals surface area contributed by atoms with Gasteiger partial charge in [-0.15, -0.1) is 0 Å². The predicted octanol–water partition coefficient (Wildman–Crippen LogP) is 1.82. The first-order valence-corrected chi connectivity index (χ1v) is 8.44. The van der Waals surface area contributed by atoms with Crippen molar-refractivity contribution in [2.45, 2.75) is 44.4 Å². The number of aromatic nitrogens is 2. The van der Waals surface area contributed by atoms with Crippen molar-refractivity contribution < 1.29 is 39.9 Å². The Balaban J connectivity index is 0.00000338. The summed E-state index contributed by atoms with van der Waals surface area (Å²) in [5, 5.41) is 5.97. The molecule has 0 saturated carbocycles. The Kier molecular flexibility index (Phi) is 6.76. The van der Waals surface area contributed by atoms with E-state index in [2.05, 4.69) is 15.0 Å². The van der Waals surface area contributed by atoms with E-state index < -0.39 is 56.2 Å². The first-order chi connectivity index (χ1) is 11.2. The molecule has 1 aliphatic rings. The minimum atomic E-state index is -5.06. The average molecular weight is 415 g/mol. The molecule has 1 aliphatic heterocycles. The fraction of sp³-hybridized carbons (Fsp3) is 0.667. The van der Waals surface area contributed by atoms with Crippen molar-refractivity contribution in [1.29, 1.82) is 0 Å². The van der Waals surface area contributed by atoms with Gasteiger partial charge in [0, 0.05) is 13.5 Å². The normalized spacial score (nSPS) is 16.9. The molecule has 0 saturated heterocycles. The van der Waals surface area contributed by atoms with Crippen molar-refractivity contribution in [2.75, 3.05) is 0 Å². The van der Waals surface area contributed by atoms with Crippen LogP contribution in [-0.2, 0) is 33.7 Å². The number of sulfone groups is 1. The fourth-order valence-corrected chi connectivity index (χ4v) is 3.71. The second-order valence-corrected chi connectivity index (χ2v) is 7.89. The van der Waals surface area contributed by atoms with Crippen LogP contribution in [0.25, 0.3) is 0 Å². The molecule has 2 rings (SSSR count). The van der Waals surface area contributed by atoms with E-state index in [4.69, 9.17) is 4.84 Å². The van der Waals surface area contributed by atoms with E-state index in [1.54, 1.807) is 0 Å². The fourth-order valence-electron chi connectivity index (χ4n) is 2.19. The van der Waals surface area contributed by atoms with Gasteiger partial charge in [0.05, 0.1) is 11.3 Å². The maximum absolute atomic E-state index is 13.1. The molecule has 0 fully saturated rings. The number of alkyl halides is 5. The zero-order valence-corrected chi connectivity index (χ0v) is 14.1. The van der Waals surface area contributed by atoms with Crippen molar-refractivity contribution >= 4 is 44.4 Å². The molecule has 0 bridgehead atoms. The van der Waals surface area contributed by atoms with E-state index in [0.717, 1.165) is 7.05 Å². The molecule has 14 heteroatoms. The molecule has 0 spiro atoms. The van der Waals surface area contributed by atoms with Gasteiger partial charge in [0.1, 0.15) is 5.60 Å². The van der Waals surface area contributed by atoms with E-state index in [1.165, 1.54) is 13.8 Å². The first-order valence-electron chi connectivity index (χ1n) is 6.78. The zero-order valence-electron chi connectivity index (χ0n) is 13.3. The van der Waals surface area contributed by atoms with Crippen molar-refractivity contribution in [2.24, 2.45) is 12.2 Å². The van der Waals surface area contributed by atoms with Crippen LogP contribution in [0.15, 0.2) is 5.16 Å². The Morgan fingerprint density at radius 3 is 2.35 bits per heavy atom. The molecule has 0 amide bonds. The van der Waals surface area contributed by atoms with E-state index in [9.17, 15) is 30.4 Å². The molecule has 1 aromatic heterocycles. The van der Waals surface area contributed by atoms with Crippen LogP contribution >= 0.6 is 0 Å². The van der Waals surface area contributed by atoms with Gasteiger partial charge in [0.25, 0.3) is 0 Å². The SMILES string of the molecule is Cn1nc(C(F)(F)F)c(CS(=O)(=O)C2=NOC(C)(C)C2)c1OC(F)F.[NaH]. The van der Waals surface area contributed by atoms with Crippen LogP contribution in [0.5, 0.6) is 5.88 Å². The van der Waals surface area contributed by atoms with Gasteiger partial charge in [-0.05, 0) is 13.8 Å². The van der Waals surface area contributed by atoms with Crippen molar-refractivity contribution in [3.8, 4) is 5.88 Å². The minimum absolute atomic E-state index is 0. The van der Waals surface area contributed by atoms with Crippen LogP contribution in [0, 0.1) is 0 Å². The Morgan fingerprint density at radius 2 is 1.92 bits per heavy atom. The Bertz CT molecular complexity index is 805. The number of hydrogen-bond acceptors (Lipinski definition) is 6. The molecule has 2 heterocycles. The van der Waals surface area contributed by atoms with E-state index in [1.807, 2.05) is 0 Å². The third kappa shape index (κ3) is 5.08. The van der Waals surface area contributed by atoms with Gasteiger partial charge in [0.15, 0.2) is 20.6 Å². The topological polar surface area (TPSA) is 82.8 Å². The van der Waals surface area contributed by atoms with Crippen molar-refractivity contribution in [1.82, 2.24) is 9.78 Å². The third-order valence-electron chi connectivity index (χ3n) is 3.22. The molecule has 7 nitrogen and oxygen atoms in total. The predicted molar refractivity (Wildman–Crippen MR) is 81.8 cm³/mol. The number of aryl methyl sites for hydroxylation is 1. The number of nitrogens with zero attached hydrogens (tertiary/aromatic N) is 3. The molecular formula is C12H15F5N3NaO4S. The van der Waals surface area contributed by atoms with Crippen LogP contribution in [0.3, 0.4) is 0 Å². The van der Waals surface area contributed by atoms with Gasteiger partial charge in [-0.3, -0.25) is 0 Å². The maximum atomic E-state index is 13.1. The van der Waals surface area contributed by atoms with Gasteiger partial charge in [0.2, 0.25) is 5.88 Å². The number of halogens is 5. The van der Waals surface area contributed by atoms with Crippen LogP contribution in [0.4, 0.5) is 22.0 Å². The quantitative estimate of drug-likeness (QED) is 0.554. The summed E-state index contributed by atoms with van der Waals surface area (Å²) in [4.78, 5) is 4.89. The molecule has 0 aromatic carbocycles. The second kappa shape index (κ2) is 7.60. The van der Waals surface area contributed by atoms with Gasteiger partial charge < -0.3 is 9.57 Å². The molecule has 144 valence electrons. The molecule has 0 N–H and O–H groups in total. The van der Waals surface area contributed by atoms with Gasteiger partial charge >= 0.3 is 42.3 Å². The number of rotatable bonds is 4. The molecule has 1 aromatic rings. The molecular weight excluding hydrogens is 400 g/mol. The van der Waals surface area contributed by atoms with Gasteiger partial charge in [-0.2, -0.15) is 27.1 Å². The van der Waals surface area contributed by atoms with Crippen molar-refractivity contribution in [3.63, 3.8) is 0 Å². The molecule has 26 heavy (non-hydrogen) atoms. The summed E-state index contributed by atoms with van der Waals surface area (Å²) in [6.45, 7) is -0.380. The second-order valence-electron chi connectivity index (χ2n) is 5.90. The summed E-state index contributed by atoms with van der Waals surface area (Å²) < 4.78 is 93.4. The average Bonchev–Trinajstić information content (AvgIpc) is 2.92. The van der Waals surface area contributed by atoms with Crippen LogP contribution < -0.4 is 4.74 Å². The monoisotopic (exact) mass is 415 g/mol. The molecule has 0 atom stereocenters. The summed E-state index contributed by atoms with van der Waals surface area (Å²) >= 11 is 0. The summed E-state index contributed by atoms with van der Waals surface area (Å²) in [6, 6.07) is 0. The Hall–Kier alpha value is -0.920. The molecule has 0 radical (unpaired) electrons. The number of oxime groups is 1. The Labute approximate surface area is 167 Å². The molecule has 0 aliphatic carbocycles. The van der Waals surface area contributed by atoms with E-state index in [0.29, 0.717) is 4.68 Å². The summed E-state index contributed by atoms with van der Waals surface area (Å²) in [5.41, 5.74) is -3.57. The summed E-state index contributed by atoms with van der Waals surface area (Å²) in [7, 11) is -3.43. The van der Waals surface area contributed by atoms with Gasteiger partial charge in [-0.25, -0.2) is 13.1 Å². The standard InChI is InChI=1S/C12H14F5N3O4S.Na.H/c1-11(2)4-7(19-24-11)25(21,22)5-6-8(12(15,16)17)18-20(3)9(6)23-10(13)14;;/h10H,4-5H2,1-3H3;;. The third-order valence-corrected chi connectivity index (χ3v) is 4.83. The Morgan fingerprint density at radius 1 is 1.35 bits per heavy atom. The zero-order chi connectivity index (χ0) is 19.2. The van der Waals surface area contributed by atoms with E-state index >= 15 is 0 Å². The first kappa shape index (κ1) is 23.1. The number of hydrogen-bond donors (Lipinski definition) is 0. The summed E-state index contributed by atoms with van der Waals surface area (Å²) in [5.74, 6) is -2.24. The van der Waals surface area contributed by atoms with Crippen LogP contribution in [-0.4, -0.2) is 65.0 Å². The number of ether oxygens (including phenoxy) is 1. The summed E-state index contributed by atoms with van der Waals surface area (Å²) in [6.07, 6.45) is -5.22.